The highest BCUT2D eigenvalue weighted by Crippen LogP contribution is 2.10. The van der Waals surface area contributed by atoms with E-state index in [4.69, 9.17) is 4.84 Å². The highest BCUT2D eigenvalue weighted by atomic mass is 32.2. The maximum Gasteiger partial charge on any atom is 0.190 e. The van der Waals surface area contributed by atoms with Crippen molar-refractivity contribution in [3.63, 3.8) is 0 Å². The molecule has 0 aromatic rings. The van der Waals surface area contributed by atoms with E-state index in [1.807, 2.05) is 6.92 Å². The summed E-state index contributed by atoms with van der Waals surface area (Å²) in [5, 5.41) is 3.71. The molecule has 4 nitrogen and oxygen atoms in total. The van der Waals surface area contributed by atoms with Gasteiger partial charge in [0, 0.05) is 5.92 Å². The van der Waals surface area contributed by atoms with Gasteiger partial charge in [-0.3, -0.25) is 4.21 Å². The summed E-state index contributed by atoms with van der Waals surface area (Å²) < 4.78 is 21.3. The minimum Gasteiger partial charge on any atom is -0.769 e. The van der Waals surface area contributed by atoms with Crippen LogP contribution in [0.25, 0.3) is 0 Å². The Labute approximate surface area is 81.6 Å². The first kappa shape index (κ1) is 12.6. The van der Waals surface area contributed by atoms with E-state index in [1.165, 1.54) is 0 Å². The topological polar surface area (TPSA) is 61.7 Å². The molecule has 0 aliphatic carbocycles. The minimum absolute atomic E-state index is 0.0910. The molecular weight excluding hydrogens is 190 g/mol. The smallest absolute Gasteiger partial charge is 0.190 e. The summed E-state index contributed by atoms with van der Waals surface area (Å²) in [6, 6.07) is 0. The highest BCUT2D eigenvalue weighted by molar-refractivity contribution is 7.79. The van der Waals surface area contributed by atoms with Crippen LogP contribution < -0.4 is 0 Å². The van der Waals surface area contributed by atoms with E-state index in [1.54, 1.807) is 20.8 Å². The Balaban J connectivity index is 4.20. The second-order valence-corrected chi connectivity index (χ2v) is 4.14. The molecule has 0 fully saturated rings. The van der Waals surface area contributed by atoms with Gasteiger partial charge < -0.3 is 9.39 Å². The SMILES string of the molecule is CCC(C)=NOC(C(C)C)S(=O)[O-]. The van der Waals surface area contributed by atoms with Gasteiger partial charge in [-0.25, -0.2) is 0 Å². The average Bonchev–Trinajstić information content (AvgIpc) is 2.03. The van der Waals surface area contributed by atoms with E-state index in [9.17, 15) is 8.76 Å². The Morgan fingerprint density at radius 2 is 2.15 bits per heavy atom. The number of nitrogens with zero attached hydrogens (tertiary/aromatic N) is 1. The van der Waals surface area contributed by atoms with Gasteiger partial charge in [0.25, 0.3) is 0 Å². The van der Waals surface area contributed by atoms with Gasteiger partial charge in [0.15, 0.2) is 5.44 Å². The molecule has 0 aliphatic rings. The van der Waals surface area contributed by atoms with Crippen molar-refractivity contribution in [1.82, 2.24) is 0 Å². The van der Waals surface area contributed by atoms with Crippen LogP contribution in [-0.4, -0.2) is 19.9 Å². The van der Waals surface area contributed by atoms with Crippen LogP contribution in [0.2, 0.25) is 0 Å². The third-order valence-electron chi connectivity index (χ3n) is 1.56. The molecule has 0 aromatic carbocycles. The Morgan fingerprint density at radius 3 is 2.46 bits per heavy atom. The lowest BCUT2D eigenvalue weighted by Crippen LogP contribution is -2.23. The van der Waals surface area contributed by atoms with Gasteiger partial charge in [0.05, 0.1) is 5.71 Å². The van der Waals surface area contributed by atoms with E-state index >= 15 is 0 Å². The molecule has 0 saturated heterocycles. The first-order valence-corrected chi connectivity index (χ1v) is 5.40. The summed E-state index contributed by atoms with van der Waals surface area (Å²) in [6.45, 7) is 7.28. The van der Waals surface area contributed by atoms with Crippen LogP contribution in [0.1, 0.15) is 34.1 Å². The normalized spacial score (nSPS) is 17.2. The molecule has 0 aliphatic heterocycles. The molecule has 2 atom stereocenters. The molecule has 5 heteroatoms. The summed E-state index contributed by atoms with van der Waals surface area (Å²) in [5.74, 6) is -0.0910. The number of oxime groups is 1. The van der Waals surface area contributed by atoms with Crippen molar-refractivity contribution in [2.75, 3.05) is 0 Å². The average molecular weight is 206 g/mol. The van der Waals surface area contributed by atoms with E-state index < -0.39 is 16.5 Å². The van der Waals surface area contributed by atoms with Crippen molar-refractivity contribution in [1.29, 1.82) is 0 Å². The van der Waals surface area contributed by atoms with Crippen LogP contribution in [0.15, 0.2) is 5.16 Å². The zero-order valence-electron chi connectivity index (χ0n) is 8.44. The van der Waals surface area contributed by atoms with Crippen molar-refractivity contribution in [2.24, 2.45) is 11.1 Å². The minimum atomic E-state index is -2.23. The fraction of sp³-hybridized carbons (Fsp3) is 0.875. The third kappa shape index (κ3) is 5.00. The van der Waals surface area contributed by atoms with Gasteiger partial charge >= 0.3 is 0 Å². The first-order chi connectivity index (χ1) is 5.99. The van der Waals surface area contributed by atoms with Gasteiger partial charge in [-0.15, -0.1) is 0 Å². The lowest BCUT2D eigenvalue weighted by atomic mass is 10.2. The standard InChI is InChI=1S/C8H17NO3S/c1-5-7(4)9-12-8(6(2)3)13(10)11/h6,8H,5H2,1-4H3,(H,10,11)/p-1. The van der Waals surface area contributed by atoms with Crippen molar-refractivity contribution >= 4 is 16.8 Å². The molecule has 0 N–H and O–H groups in total. The number of hydrogen-bond donors (Lipinski definition) is 0. The van der Waals surface area contributed by atoms with Crippen LogP contribution in [0, 0.1) is 5.92 Å². The Morgan fingerprint density at radius 1 is 1.62 bits per heavy atom. The fourth-order valence-corrected chi connectivity index (χ4v) is 1.14. The van der Waals surface area contributed by atoms with Crippen LogP contribution in [0.5, 0.6) is 0 Å². The molecule has 0 heterocycles. The van der Waals surface area contributed by atoms with Crippen LogP contribution >= 0.6 is 0 Å². The molecule has 2 unspecified atom stereocenters. The Kier molecular flexibility index (Phi) is 5.90. The van der Waals surface area contributed by atoms with E-state index in [2.05, 4.69) is 5.16 Å². The van der Waals surface area contributed by atoms with Gasteiger partial charge in [0.2, 0.25) is 0 Å². The molecule has 0 amide bonds. The van der Waals surface area contributed by atoms with Crippen LogP contribution in [0.3, 0.4) is 0 Å². The van der Waals surface area contributed by atoms with E-state index in [0.717, 1.165) is 12.1 Å². The largest absolute Gasteiger partial charge is 0.769 e. The molecule has 0 bridgehead atoms. The third-order valence-corrected chi connectivity index (χ3v) is 2.57. The fourth-order valence-electron chi connectivity index (χ4n) is 0.586. The summed E-state index contributed by atoms with van der Waals surface area (Å²) in [7, 11) is 0. The zero-order valence-corrected chi connectivity index (χ0v) is 9.26. The molecule has 0 aromatic heterocycles. The zero-order chi connectivity index (χ0) is 10.4. The predicted molar refractivity (Wildman–Crippen MR) is 52.0 cm³/mol. The lowest BCUT2D eigenvalue weighted by Gasteiger charge is -2.20. The number of rotatable bonds is 5. The van der Waals surface area contributed by atoms with Crippen molar-refractivity contribution < 1.29 is 13.6 Å². The quantitative estimate of drug-likeness (QED) is 0.390. The summed E-state index contributed by atoms with van der Waals surface area (Å²) in [6.07, 6.45) is 0.760. The van der Waals surface area contributed by atoms with Gasteiger partial charge in [-0.2, -0.15) is 0 Å². The van der Waals surface area contributed by atoms with Crippen molar-refractivity contribution in [2.45, 2.75) is 39.6 Å². The Bertz CT molecular complexity index is 204. The first-order valence-electron chi connectivity index (χ1n) is 4.26. The van der Waals surface area contributed by atoms with Gasteiger partial charge in [0.1, 0.15) is 0 Å². The molecule has 0 spiro atoms. The second-order valence-electron chi connectivity index (χ2n) is 3.16. The van der Waals surface area contributed by atoms with Crippen molar-refractivity contribution in [3.05, 3.63) is 0 Å². The molecule has 78 valence electrons. The van der Waals surface area contributed by atoms with E-state index in [0.29, 0.717) is 0 Å². The van der Waals surface area contributed by atoms with Gasteiger partial charge in [-0.1, -0.05) is 25.9 Å². The van der Waals surface area contributed by atoms with E-state index in [-0.39, 0.29) is 5.92 Å². The molecule has 13 heavy (non-hydrogen) atoms. The monoisotopic (exact) mass is 206 g/mol. The molecule has 0 radical (unpaired) electrons. The predicted octanol–water partition coefficient (Wildman–Crippen LogP) is 1.65. The number of hydrogen-bond acceptors (Lipinski definition) is 4. The molecular formula is C8H16NO3S-. The summed E-state index contributed by atoms with van der Waals surface area (Å²) >= 11 is -2.23. The maximum atomic E-state index is 10.6. The summed E-state index contributed by atoms with van der Waals surface area (Å²) in [4.78, 5) is 4.89. The highest BCUT2D eigenvalue weighted by Gasteiger charge is 2.15. The molecule has 0 rings (SSSR count). The lowest BCUT2D eigenvalue weighted by molar-refractivity contribution is 0.0808. The Hall–Kier alpha value is -0.420. The van der Waals surface area contributed by atoms with Crippen LogP contribution in [-0.2, 0) is 15.9 Å². The second kappa shape index (κ2) is 6.10. The van der Waals surface area contributed by atoms with Crippen LogP contribution in [0.4, 0.5) is 0 Å². The molecule has 0 saturated carbocycles. The van der Waals surface area contributed by atoms with Crippen molar-refractivity contribution in [3.8, 4) is 0 Å². The maximum absolute atomic E-state index is 10.6. The summed E-state index contributed by atoms with van der Waals surface area (Å²) in [5.41, 5.74) is -0.0578. The van der Waals surface area contributed by atoms with Gasteiger partial charge in [-0.05, 0) is 24.4 Å².